The van der Waals surface area contributed by atoms with E-state index in [1.165, 1.54) is 0 Å². The molecule has 1 amide bonds. The van der Waals surface area contributed by atoms with Crippen molar-refractivity contribution < 1.29 is 4.79 Å². The zero-order valence-corrected chi connectivity index (χ0v) is 18.3. The molecular formula is C20H26N8OS. The van der Waals surface area contributed by atoms with Crippen LogP contribution in [0.15, 0.2) is 36.8 Å². The average molecular weight is 427 g/mol. The van der Waals surface area contributed by atoms with E-state index < -0.39 is 0 Å². The lowest BCUT2D eigenvalue weighted by molar-refractivity contribution is -0.122. The third kappa shape index (κ3) is 5.71. The lowest BCUT2D eigenvalue weighted by Gasteiger charge is -2.20. The molecular weight excluding hydrogens is 400 g/mol. The van der Waals surface area contributed by atoms with E-state index in [-0.39, 0.29) is 11.9 Å². The van der Waals surface area contributed by atoms with Crippen molar-refractivity contribution >= 4 is 34.0 Å². The van der Waals surface area contributed by atoms with Gasteiger partial charge in [0.15, 0.2) is 5.13 Å². The summed E-state index contributed by atoms with van der Waals surface area (Å²) in [7, 11) is 3.70. The van der Waals surface area contributed by atoms with Crippen LogP contribution < -0.4 is 20.9 Å². The van der Waals surface area contributed by atoms with Crippen LogP contribution in [0.1, 0.15) is 12.7 Å². The molecule has 0 saturated carbocycles. The van der Waals surface area contributed by atoms with Crippen molar-refractivity contribution in [1.29, 1.82) is 0 Å². The number of carbonyl (C=O) groups excluding carboxylic acids is 1. The van der Waals surface area contributed by atoms with Gasteiger partial charge in [-0.2, -0.15) is 0 Å². The number of likely N-dealkylation sites (N-methyl/N-ethyl adjacent to an activating group) is 2. The van der Waals surface area contributed by atoms with Crippen LogP contribution in [0.5, 0.6) is 0 Å². The summed E-state index contributed by atoms with van der Waals surface area (Å²) in [6.07, 6.45) is 5.36. The van der Waals surface area contributed by atoms with Crippen molar-refractivity contribution in [3.05, 3.63) is 42.6 Å². The van der Waals surface area contributed by atoms with Gasteiger partial charge in [-0.3, -0.25) is 9.78 Å². The van der Waals surface area contributed by atoms with Gasteiger partial charge in [0, 0.05) is 44.8 Å². The number of thiazole rings is 1. The topological polar surface area (TPSA) is 108 Å². The summed E-state index contributed by atoms with van der Waals surface area (Å²) in [5.41, 5.74) is 1.07. The van der Waals surface area contributed by atoms with Crippen molar-refractivity contribution in [3.8, 4) is 10.4 Å². The second kappa shape index (κ2) is 10.1. The number of nitrogens with zero attached hydrogens (tertiary/aromatic N) is 5. The normalized spacial score (nSPS) is 11.7. The molecule has 3 rings (SSSR count). The van der Waals surface area contributed by atoms with Gasteiger partial charge < -0.3 is 20.9 Å². The minimum absolute atomic E-state index is 0.0269. The minimum Gasteiger partial charge on any atom is -0.358 e. The largest absolute Gasteiger partial charge is 0.358 e. The Morgan fingerprint density at radius 1 is 1.27 bits per heavy atom. The average Bonchev–Trinajstić information content (AvgIpc) is 3.21. The Labute approximate surface area is 180 Å². The van der Waals surface area contributed by atoms with Crippen LogP contribution in [0.2, 0.25) is 0 Å². The Bertz CT molecular complexity index is 978. The van der Waals surface area contributed by atoms with Crippen molar-refractivity contribution in [1.82, 2.24) is 30.6 Å². The van der Waals surface area contributed by atoms with Crippen LogP contribution in [0.25, 0.3) is 10.4 Å². The fourth-order valence-corrected chi connectivity index (χ4v) is 3.48. The Kier molecular flexibility index (Phi) is 7.26. The molecule has 0 bridgehead atoms. The maximum atomic E-state index is 11.9. The quantitative estimate of drug-likeness (QED) is 0.478. The highest BCUT2D eigenvalue weighted by atomic mass is 32.1. The van der Waals surface area contributed by atoms with Gasteiger partial charge in [-0.25, -0.2) is 15.0 Å². The summed E-state index contributed by atoms with van der Waals surface area (Å²) in [4.78, 5) is 32.4. The number of amides is 1. The van der Waals surface area contributed by atoms with Crippen LogP contribution in [0, 0.1) is 6.92 Å². The van der Waals surface area contributed by atoms with E-state index in [1.54, 1.807) is 30.8 Å². The molecule has 0 aromatic carbocycles. The van der Waals surface area contributed by atoms with Gasteiger partial charge in [0.2, 0.25) is 5.91 Å². The third-order valence-corrected chi connectivity index (χ3v) is 5.46. The molecule has 30 heavy (non-hydrogen) atoms. The number of hydrogen-bond donors (Lipinski definition) is 3. The monoisotopic (exact) mass is 426 g/mol. The van der Waals surface area contributed by atoms with Crippen LogP contribution in [-0.2, 0) is 4.79 Å². The number of hydrogen-bond acceptors (Lipinski definition) is 9. The van der Waals surface area contributed by atoms with Crippen molar-refractivity contribution in [2.24, 2.45) is 0 Å². The highest BCUT2D eigenvalue weighted by molar-refractivity contribution is 7.18. The second-order valence-electron chi connectivity index (χ2n) is 6.77. The molecule has 3 aromatic rings. The van der Waals surface area contributed by atoms with Gasteiger partial charge in [0.1, 0.15) is 17.5 Å². The van der Waals surface area contributed by atoms with Gasteiger partial charge in [0.25, 0.3) is 0 Å². The Balaban J connectivity index is 1.64. The van der Waals surface area contributed by atoms with Crippen LogP contribution in [0.4, 0.5) is 16.8 Å². The molecule has 3 N–H and O–H groups in total. The molecule has 0 aliphatic carbocycles. The third-order valence-electron chi connectivity index (χ3n) is 4.49. The van der Waals surface area contributed by atoms with Gasteiger partial charge in [-0.05, 0) is 38.6 Å². The van der Waals surface area contributed by atoms with Crippen molar-refractivity contribution in [3.63, 3.8) is 0 Å². The summed E-state index contributed by atoms with van der Waals surface area (Å²) in [5, 5.41) is 9.84. The Morgan fingerprint density at radius 2 is 2.03 bits per heavy atom. The first-order chi connectivity index (χ1) is 14.5. The first-order valence-corrected chi connectivity index (χ1v) is 10.4. The van der Waals surface area contributed by atoms with E-state index in [0.29, 0.717) is 24.7 Å². The van der Waals surface area contributed by atoms with Gasteiger partial charge in [-0.1, -0.05) is 11.3 Å². The maximum absolute atomic E-state index is 11.9. The molecule has 3 heterocycles. The van der Waals surface area contributed by atoms with Gasteiger partial charge in [0.05, 0.1) is 10.9 Å². The summed E-state index contributed by atoms with van der Waals surface area (Å²) in [5.74, 6) is 2.07. The highest BCUT2D eigenvalue weighted by Gasteiger charge is 2.12. The molecule has 3 aromatic heterocycles. The Hall–Kier alpha value is -3.11. The van der Waals surface area contributed by atoms with Crippen LogP contribution >= 0.6 is 11.3 Å². The molecule has 0 spiro atoms. The van der Waals surface area contributed by atoms with Gasteiger partial charge in [-0.15, -0.1) is 0 Å². The first kappa shape index (κ1) is 21.6. The van der Waals surface area contributed by atoms with Crippen LogP contribution in [0.3, 0.4) is 0 Å². The predicted molar refractivity (Wildman–Crippen MR) is 120 cm³/mol. The lowest BCUT2D eigenvalue weighted by atomic mass is 10.2. The fourth-order valence-electron chi connectivity index (χ4n) is 2.65. The summed E-state index contributed by atoms with van der Waals surface area (Å²) < 4.78 is 0. The lowest BCUT2D eigenvalue weighted by Crippen LogP contribution is -2.43. The van der Waals surface area contributed by atoms with E-state index in [9.17, 15) is 4.79 Å². The minimum atomic E-state index is -0.220. The number of carbonyl (C=O) groups is 1. The summed E-state index contributed by atoms with van der Waals surface area (Å²) >= 11 is 1.55. The van der Waals surface area contributed by atoms with Crippen molar-refractivity contribution in [2.75, 3.05) is 37.4 Å². The molecule has 158 valence electrons. The molecule has 0 fully saturated rings. The SMILES string of the molecule is CNC(C)C(=O)NCCN(C)c1cc(Nc2ncc(-c3ccncc3)s2)nc(C)n1. The Morgan fingerprint density at radius 3 is 2.77 bits per heavy atom. The maximum Gasteiger partial charge on any atom is 0.236 e. The fraction of sp³-hybridized carbons (Fsp3) is 0.350. The highest BCUT2D eigenvalue weighted by Crippen LogP contribution is 2.30. The summed E-state index contributed by atoms with van der Waals surface area (Å²) in [6.45, 7) is 4.82. The smallest absolute Gasteiger partial charge is 0.236 e. The van der Waals surface area contributed by atoms with Gasteiger partial charge >= 0.3 is 0 Å². The standard InChI is InChI=1S/C20H26N8OS/c1-13(21-3)19(29)23-9-10-28(4)18-11-17(25-14(2)26-18)27-20-24-12-16(30-20)15-5-7-22-8-6-15/h5-8,11-13,21H,9-10H2,1-4H3,(H,23,29)(H,24,25,26,27). The van der Waals surface area contributed by atoms with Crippen LogP contribution in [-0.4, -0.2) is 59.1 Å². The molecule has 0 aliphatic rings. The summed E-state index contributed by atoms with van der Waals surface area (Å²) in [6, 6.07) is 5.56. The molecule has 10 heteroatoms. The number of aryl methyl sites for hydroxylation is 1. The molecule has 0 radical (unpaired) electrons. The molecule has 0 aliphatic heterocycles. The van der Waals surface area contributed by atoms with Crippen molar-refractivity contribution in [2.45, 2.75) is 19.9 Å². The molecule has 1 atom stereocenters. The molecule has 1 unspecified atom stereocenters. The van der Waals surface area contributed by atoms with E-state index in [4.69, 9.17) is 0 Å². The number of anilines is 3. The van der Waals surface area contributed by atoms with E-state index in [0.717, 1.165) is 21.4 Å². The van der Waals surface area contributed by atoms with E-state index in [2.05, 4.69) is 35.9 Å². The van der Waals surface area contributed by atoms with E-state index in [1.807, 2.05) is 50.2 Å². The molecule has 0 saturated heterocycles. The number of nitrogens with one attached hydrogen (secondary N) is 3. The number of aromatic nitrogens is 4. The number of rotatable bonds is 9. The first-order valence-electron chi connectivity index (χ1n) is 9.61. The van der Waals surface area contributed by atoms with E-state index >= 15 is 0 Å². The number of pyridine rings is 1. The second-order valence-corrected chi connectivity index (χ2v) is 7.80. The predicted octanol–water partition coefficient (Wildman–Crippen LogP) is 2.21. The molecule has 9 nitrogen and oxygen atoms in total. The zero-order valence-electron chi connectivity index (χ0n) is 17.5. The zero-order chi connectivity index (χ0) is 21.5.